The molecule has 1 rings (SSSR count). The standard InChI is InChI=1S/C13H22N2OS/c1-11(2)8-14-9-12-4-5-13(10-15-12)16-6-7-17-3/h4-5,10-11,14H,6-9H2,1-3H3. The maximum absolute atomic E-state index is 5.54. The highest BCUT2D eigenvalue weighted by molar-refractivity contribution is 7.98. The van der Waals surface area contributed by atoms with Gasteiger partial charge in [-0.2, -0.15) is 11.8 Å². The van der Waals surface area contributed by atoms with Crippen LogP contribution in [0.25, 0.3) is 0 Å². The molecular weight excluding hydrogens is 232 g/mol. The molecule has 17 heavy (non-hydrogen) atoms. The third-order valence-corrected chi connectivity index (χ3v) is 2.79. The smallest absolute Gasteiger partial charge is 0.137 e. The zero-order valence-corrected chi connectivity index (χ0v) is 11.7. The van der Waals surface area contributed by atoms with Crippen LogP contribution < -0.4 is 10.1 Å². The number of hydrogen-bond donors (Lipinski definition) is 1. The molecule has 0 bridgehead atoms. The molecule has 0 aliphatic heterocycles. The van der Waals surface area contributed by atoms with E-state index in [1.807, 2.05) is 12.1 Å². The maximum atomic E-state index is 5.54. The fourth-order valence-corrected chi connectivity index (χ4v) is 1.58. The van der Waals surface area contributed by atoms with Crippen LogP contribution in [0.2, 0.25) is 0 Å². The summed E-state index contributed by atoms with van der Waals surface area (Å²) in [7, 11) is 0. The normalized spacial score (nSPS) is 10.8. The van der Waals surface area contributed by atoms with E-state index in [1.165, 1.54) is 0 Å². The Labute approximate surface area is 108 Å². The van der Waals surface area contributed by atoms with Crippen LogP contribution in [0.1, 0.15) is 19.5 Å². The van der Waals surface area contributed by atoms with Gasteiger partial charge in [0.1, 0.15) is 5.75 Å². The van der Waals surface area contributed by atoms with Gasteiger partial charge in [-0.1, -0.05) is 13.8 Å². The molecule has 1 aromatic heterocycles. The molecule has 0 aliphatic carbocycles. The third-order valence-electron chi connectivity index (χ3n) is 2.21. The summed E-state index contributed by atoms with van der Waals surface area (Å²) in [5, 5.41) is 3.37. The molecule has 1 N–H and O–H groups in total. The molecule has 0 spiro atoms. The quantitative estimate of drug-likeness (QED) is 0.723. The van der Waals surface area contributed by atoms with Crippen LogP contribution in [0.3, 0.4) is 0 Å². The van der Waals surface area contributed by atoms with Crippen molar-refractivity contribution in [1.82, 2.24) is 10.3 Å². The Bertz CT molecular complexity index is 301. The highest BCUT2D eigenvalue weighted by Crippen LogP contribution is 2.09. The lowest BCUT2D eigenvalue weighted by Crippen LogP contribution is -2.19. The van der Waals surface area contributed by atoms with Gasteiger partial charge in [-0.05, 0) is 30.9 Å². The van der Waals surface area contributed by atoms with Gasteiger partial charge in [-0.15, -0.1) is 0 Å². The van der Waals surface area contributed by atoms with E-state index < -0.39 is 0 Å². The summed E-state index contributed by atoms with van der Waals surface area (Å²) >= 11 is 1.78. The molecule has 0 saturated heterocycles. The predicted octanol–water partition coefficient (Wildman–Crippen LogP) is 2.57. The van der Waals surface area contributed by atoms with Gasteiger partial charge in [0.25, 0.3) is 0 Å². The Morgan fingerprint density at radius 2 is 2.24 bits per heavy atom. The molecule has 0 aromatic carbocycles. The number of rotatable bonds is 8. The molecule has 0 saturated carbocycles. The Hall–Kier alpha value is -0.740. The second-order valence-corrected chi connectivity index (χ2v) is 5.34. The highest BCUT2D eigenvalue weighted by atomic mass is 32.2. The molecule has 0 amide bonds. The SMILES string of the molecule is CSCCOc1ccc(CNCC(C)C)nc1. The van der Waals surface area contributed by atoms with Gasteiger partial charge in [0.2, 0.25) is 0 Å². The van der Waals surface area contributed by atoms with Crippen LogP contribution in [0.5, 0.6) is 5.75 Å². The summed E-state index contributed by atoms with van der Waals surface area (Å²) in [5.41, 5.74) is 1.06. The van der Waals surface area contributed by atoms with Crippen LogP contribution in [0, 0.1) is 5.92 Å². The summed E-state index contributed by atoms with van der Waals surface area (Å²) in [6.45, 7) is 6.98. The first-order chi connectivity index (χ1) is 8.22. The van der Waals surface area contributed by atoms with Crippen molar-refractivity contribution in [2.75, 3.05) is 25.2 Å². The number of nitrogens with zero attached hydrogens (tertiary/aromatic N) is 1. The third kappa shape index (κ3) is 6.54. The van der Waals surface area contributed by atoms with E-state index in [9.17, 15) is 0 Å². The van der Waals surface area contributed by atoms with Crippen molar-refractivity contribution in [2.45, 2.75) is 20.4 Å². The van der Waals surface area contributed by atoms with Crippen molar-refractivity contribution >= 4 is 11.8 Å². The zero-order chi connectivity index (χ0) is 12.5. The van der Waals surface area contributed by atoms with Crippen molar-refractivity contribution in [2.24, 2.45) is 5.92 Å². The minimum absolute atomic E-state index is 0.671. The summed E-state index contributed by atoms with van der Waals surface area (Å²) in [6.07, 6.45) is 3.87. The van der Waals surface area contributed by atoms with Crippen LogP contribution in [0.15, 0.2) is 18.3 Å². The molecule has 1 heterocycles. The Balaban J connectivity index is 2.29. The van der Waals surface area contributed by atoms with Gasteiger partial charge >= 0.3 is 0 Å². The average Bonchev–Trinajstić information content (AvgIpc) is 2.31. The van der Waals surface area contributed by atoms with Gasteiger partial charge in [0.05, 0.1) is 18.5 Å². The minimum Gasteiger partial charge on any atom is -0.491 e. The maximum Gasteiger partial charge on any atom is 0.137 e. The molecule has 0 radical (unpaired) electrons. The van der Waals surface area contributed by atoms with Gasteiger partial charge in [-0.3, -0.25) is 4.98 Å². The highest BCUT2D eigenvalue weighted by Gasteiger charge is 1.98. The van der Waals surface area contributed by atoms with Crippen molar-refractivity contribution in [3.63, 3.8) is 0 Å². The van der Waals surface area contributed by atoms with Crippen molar-refractivity contribution in [3.05, 3.63) is 24.0 Å². The fraction of sp³-hybridized carbons (Fsp3) is 0.615. The van der Waals surface area contributed by atoms with E-state index in [4.69, 9.17) is 4.74 Å². The lowest BCUT2D eigenvalue weighted by molar-refractivity contribution is 0.342. The van der Waals surface area contributed by atoms with Crippen LogP contribution in [-0.4, -0.2) is 30.1 Å². The van der Waals surface area contributed by atoms with Gasteiger partial charge in [0, 0.05) is 12.3 Å². The fourth-order valence-electron chi connectivity index (χ4n) is 1.33. The Kier molecular flexibility index (Phi) is 7.05. The number of aromatic nitrogens is 1. The summed E-state index contributed by atoms with van der Waals surface area (Å²) < 4.78 is 5.54. The van der Waals surface area contributed by atoms with E-state index >= 15 is 0 Å². The summed E-state index contributed by atoms with van der Waals surface area (Å²) in [5.74, 6) is 2.54. The van der Waals surface area contributed by atoms with Crippen LogP contribution in [0.4, 0.5) is 0 Å². The first-order valence-corrected chi connectivity index (χ1v) is 7.39. The van der Waals surface area contributed by atoms with Gasteiger partial charge in [0.15, 0.2) is 0 Å². The molecule has 3 nitrogen and oxygen atoms in total. The summed E-state index contributed by atoms with van der Waals surface area (Å²) in [4.78, 5) is 4.36. The van der Waals surface area contributed by atoms with Gasteiger partial charge < -0.3 is 10.1 Å². The number of thioether (sulfide) groups is 1. The van der Waals surface area contributed by atoms with Crippen molar-refractivity contribution in [1.29, 1.82) is 0 Å². The Morgan fingerprint density at radius 3 is 2.82 bits per heavy atom. The first-order valence-electron chi connectivity index (χ1n) is 5.99. The monoisotopic (exact) mass is 254 g/mol. The molecule has 96 valence electrons. The molecule has 0 fully saturated rings. The Morgan fingerprint density at radius 1 is 1.41 bits per heavy atom. The zero-order valence-electron chi connectivity index (χ0n) is 10.9. The molecule has 4 heteroatoms. The van der Waals surface area contributed by atoms with E-state index in [0.29, 0.717) is 5.92 Å². The van der Waals surface area contributed by atoms with Gasteiger partial charge in [-0.25, -0.2) is 0 Å². The second-order valence-electron chi connectivity index (χ2n) is 4.35. The van der Waals surface area contributed by atoms with E-state index in [2.05, 4.69) is 30.4 Å². The molecule has 0 aliphatic rings. The largest absolute Gasteiger partial charge is 0.491 e. The first kappa shape index (κ1) is 14.3. The van der Waals surface area contributed by atoms with E-state index in [1.54, 1.807) is 18.0 Å². The van der Waals surface area contributed by atoms with E-state index in [-0.39, 0.29) is 0 Å². The number of ether oxygens (including phenoxy) is 1. The molecule has 0 atom stereocenters. The lowest BCUT2D eigenvalue weighted by atomic mass is 10.2. The molecular formula is C13H22N2OS. The second kappa shape index (κ2) is 8.37. The van der Waals surface area contributed by atoms with Crippen LogP contribution in [-0.2, 0) is 6.54 Å². The lowest BCUT2D eigenvalue weighted by Gasteiger charge is -2.08. The average molecular weight is 254 g/mol. The molecule has 1 aromatic rings. The van der Waals surface area contributed by atoms with Crippen molar-refractivity contribution in [3.8, 4) is 5.75 Å². The predicted molar refractivity (Wildman–Crippen MR) is 74.7 cm³/mol. The summed E-state index contributed by atoms with van der Waals surface area (Å²) in [6, 6.07) is 4.00. The van der Waals surface area contributed by atoms with Crippen LogP contribution >= 0.6 is 11.8 Å². The minimum atomic E-state index is 0.671. The number of pyridine rings is 1. The topological polar surface area (TPSA) is 34.1 Å². The number of nitrogens with one attached hydrogen (secondary N) is 1. The molecule has 0 unspecified atom stereocenters. The van der Waals surface area contributed by atoms with Crippen molar-refractivity contribution < 1.29 is 4.74 Å². The van der Waals surface area contributed by atoms with E-state index in [0.717, 1.165) is 36.9 Å². The number of hydrogen-bond acceptors (Lipinski definition) is 4.